The zero-order valence-corrected chi connectivity index (χ0v) is 15.6. The molecule has 0 aromatic rings. The first-order chi connectivity index (χ1) is 11.3. The van der Waals surface area contributed by atoms with E-state index >= 15 is 0 Å². The van der Waals surface area contributed by atoms with Crippen LogP contribution >= 0.6 is 0 Å². The zero-order valence-electron chi connectivity index (χ0n) is 15.6. The minimum absolute atomic E-state index is 0.314. The molecule has 0 spiro atoms. The molecule has 0 saturated heterocycles. The fraction of sp³-hybridized carbons (Fsp3) is 0.850. The molecule has 0 saturated carbocycles. The Kier molecular flexibility index (Phi) is 18.2. The predicted molar refractivity (Wildman–Crippen MR) is 99.0 cm³/mol. The number of hydrogen-bond acceptors (Lipinski definition) is 3. The fourth-order valence-electron chi connectivity index (χ4n) is 2.71. The molecule has 0 heterocycles. The van der Waals surface area contributed by atoms with E-state index in [-0.39, 0.29) is 5.97 Å². The van der Waals surface area contributed by atoms with Crippen molar-refractivity contribution in [2.75, 3.05) is 0 Å². The standard InChI is InChI=1S/C20H39NO2/c1-3-4-5-6-7-8-9-10-11-12-13-14-15-16-17-18-19-21-23-20(2)22/h18-19,21H,3-17H2,1-2H3. The highest BCUT2D eigenvalue weighted by atomic mass is 16.7. The van der Waals surface area contributed by atoms with Gasteiger partial charge in [0.05, 0.1) is 0 Å². The van der Waals surface area contributed by atoms with Gasteiger partial charge in [0.15, 0.2) is 0 Å². The summed E-state index contributed by atoms with van der Waals surface area (Å²) in [5, 5.41) is 0. The molecule has 3 nitrogen and oxygen atoms in total. The normalized spacial score (nSPS) is 11.0. The van der Waals surface area contributed by atoms with Crippen LogP contribution in [0.15, 0.2) is 12.3 Å². The highest BCUT2D eigenvalue weighted by molar-refractivity contribution is 5.65. The Balaban J connectivity index is 3.04. The Morgan fingerprint density at radius 1 is 0.783 bits per heavy atom. The summed E-state index contributed by atoms with van der Waals surface area (Å²) in [5.41, 5.74) is 2.50. The van der Waals surface area contributed by atoms with Crippen molar-refractivity contribution < 1.29 is 9.63 Å². The van der Waals surface area contributed by atoms with E-state index in [4.69, 9.17) is 0 Å². The van der Waals surface area contributed by atoms with Crippen molar-refractivity contribution in [3.8, 4) is 0 Å². The van der Waals surface area contributed by atoms with E-state index in [1.165, 1.54) is 96.8 Å². The molecule has 136 valence electrons. The Morgan fingerprint density at radius 3 is 1.65 bits per heavy atom. The third-order valence-corrected chi connectivity index (χ3v) is 4.11. The molecular formula is C20H39NO2. The van der Waals surface area contributed by atoms with E-state index in [0.29, 0.717) is 0 Å². The highest BCUT2D eigenvalue weighted by Crippen LogP contribution is 2.13. The van der Waals surface area contributed by atoms with Crippen LogP contribution in [-0.4, -0.2) is 5.97 Å². The molecule has 0 aliphatic heterocycles. The number of hydroxylamine groups is 1. The van der Waals surface area contributed by atoms with Crippen LogP contribution in [0.3, 0.4) is 0 Å². The largest absolute Gasteiger partial charge is 0.344 e. The molecular weight excluding hydrogens is 286 g/mol. The van der Waals surface area contributed by atoms with Gasteiger partial charge < -0.3 is 4.84 Å². The van der Waals surface area contributed by atoms with Gasteiger partial charge in [-0.15, -0.1) is 0 Å². The fourth-order valence-corrected chi connectivity index (χ4v) is 2.71. The van der Waals surface area contributed by atoms with Crippen molar-refractivity contribution in [3.05, 3.63) is 12.3 Å². The molecule has 0 amide bonds. The van der Waals surface area contributed by atoms with Gasteiger partial charge in [0, 0.05) is 13.1 Å². The minimum atomic E-state index is -0.314. The second kappa shape index (κ2) is 19.1. The van der Waals surface area contributed by atoms with E-state index in [0.717, 1.165) is 6.42 Å². The zero-order chi connectivity index (χ0) is 17.0. The van der Waals surface area contributed by atoms with Gasteiger partial charge in [0.2, 0.25) is 0 Å². The van der Waals surface area contributed by atoms with Crippen molar-refractivity contribution >= 4 is 5.97 Å². The molecule has 3 heteroatoms. The van der Waals surface area contributed by atoms with Crippen LogP contribution in [0.5, 0.6) is 0 Å². The Hall–Kier alpha value is -0.990. The van der Waals surface area contributed by atoms with E-state index in [1.54, 1.807) is 6.20 Å². The van der Waals surface area contributed by atoms with Gasteiger partial charge in [-0.2, -0.15) is 0 Å². The first-order valence-corrected chi connectivity index (χ1v) is 9.85. The predicted octanol–water partition coefficient (Wildman–Crippen LogP) is 6.44. The van der Waals surface area contributed by atoms with Gasteiger partial charge in [-0.25, -0.2) is 5.48 Å². The first kappa shape index (κ1) is 22.0. The third-order valence-electron chi connectivity index (χ3n) is 4.11. The summed E-state index contributed by atoms with van der Waals surface area (Å²) >= 11 is 0. The lowest BCUT2D eigenvalue weighted by molar-refractivity contribution is -0.146. The highest BCUT2D eigenvalue weighted by Gasteiger charge is 1.93. The lowest BCUT2D eigenvalue weighted by Crippen LogP contribution is -2.10. The minimum Gasteiger partial charge on any atom is -0.344 e. The van der Waals surface area contributed by atoms with E-state index in [2.05, 4.69) is 17.2 Å². The first-order valence-electron chi connectivity index (χ1n) is 9.85. The summed E-state index contributed by atoms with van der Waals surface area (Å²) in [6.07, 6.45) is 24.2. The van der Waals surface area contributed by atoms with Gasteiger partial charge in [-0.3, -0.25) is 4.79 Å². The van der Waals surface area contributed by atoms with Crippen molar-refractivity contribution in [2.45, 2.75) is 110 Å². The number of carbonyl (C=O) groups is 1. The van der Waals surface area contributed by atoms with Crippen molar-refractivity contribution in [1.82, 2.24) is 5.48 Å². The SMILES string of the molecule is CCCCCCCCCCCCCCCCC=CNOC(C)=O. The Labute approximate surface area is 144 Å². The molecule has 0 aromatic heterocycles. The summed E-state index contributed by atoms with van der Waals surface area (Å²) in [6, 6.07) is 0. The average Bonchev–Trinajstić information content (AvgIpc) is 2.53. The molecule has 23 heavy (non-hydrogen) atoms. The summed E-state index contributed by atoms with van der Waals surface area (Å²) in [7, 11) is 0. The maximum atomic E-state index is 10.5. The van der Waals surface area contributed by atoms with Crippen molar-refractivity contribution in [1.29, 1.82) is 0 Å². The molecule has 0 fully saturated rings. The molecule has 0 aliphatic carbocycles. The lowest BCUT2D eigenvalue weighted by Gasteiger charge is -2.03. The average molecular weight is 326 g/mol. The number of rotatable bonds is 17. The summed E-state index contributed by atoms with van der Waals surface area (Å²) in [4.78, 5) is 15.1. The number of carbonyl (C=O) groups excluding carboxylic acids is 1. The monoisotopic (exact) mass is 325 g/mol. The number of hydrogen-bond donors (Lipinski definition) is 1. The lowest BCUT2D eigenvalue weighted by atomic mass is 10.0. The van der Waals surface area contributed by atoms with Crippen molar-refractivity contribution in [3.63, 3.8) is 0 Å². The Morgan fingerprint density at radius 2 is 1.22 bits per heavy atom. The summed E-state index contributed by atoms with van der Waals surface area (Å²) in [5.74, 6) is -0.314. The van der Waals surface area contributed by atoms with E-state index < -0.39 is 0 Å². The van der Waals surface area contributed by atoms with Crippen LogP contribution in [0.1, 0.15) is 110 Å². The maximum absolute atomic E-state index is 10.5. The van der Waals surface area contributed by atoms with Gasteiger partial charge in [-0.05, 0) is 12.8 Å². The topological polar surface area (TPSA) is 38.3 Å². The number of allylic oxidation sites excluding steroid dienone is 1. The molecule has 0 unspecified atom stereocenters. The van der Waals surface area contributed by atoms with Gasteiger partial charge >= 0.3 is 5.97 Å². The van der Waals surface area contributed by atoms with Crippen LogP contribution in [-0.2, 0) is 9.63 Å². The third kappa shape index (κ3) is 21.0. The van der Waals surface area contributed by atoms with Crippen LogP contribution in [0.25, 0.3) is 0 Å². The smallest absolute Gasteiger partial charge is 0.329 e. The second-order valence-corrected chi connectivity index (χ2v) is 6.50. The summed E-state index contributed by atoms with van der Waals surface area (Å²) in [6.45, 7) is 3.66. The second-order valence-electron chi connectivity index (χ2n) is 6.50. The van der Waals surface area contributed by atoms with Gasteiger partial charge in [0.1, 0.15) is 0 Å². The Bertz CT molecular complexity index is 277. The molecule has 0 radical (unpaired) electrons. The number of nitrogens with one attached hydrogen (secondary N) is 1. The van der Waals surface area contributed by atoms with Gasteiger partial charge in [0.25, 0.3) is 0 Å². The van der Waals surface area contributed by atoms with Crippen LogP contribution in [0.4, 0.5) is 0 Å². The van der Waals surface area contributed by atoms with Crippen LogP contribution < -0.4 is 5.48 Å². The van der Waals surface area contributed by atoms with E-state index in [9.17, 15) is 4.79 Å². The molecule has 0 rings (SSSR count). The van der Waals surface area contributed by atoms with E-state index in [1.807, 2.05) is 6.08 Å². The molecule has 0 bridgehead atoms. The molecule has 1 N–H and O–H groups in total. The quantitative estimate of drug-likeness (QED) is 0.247. The van der Waals surface area contributed by atoms with Crippen LogP contribution in [0, 0.1) is 0 Å². The molecule has 0 aromatic carbocycles. The van der Waals surface area contributed by atoms with Crippen LogP contribution in [0.2, 0.25) is 0 Å². The number of unbranched alkanes of at least 4 members (excludes halogenated alkanes) is 14. The van der Waals surface area contributed by atoms with Gasteiger partial charge in [-0.1, -0.05) is 96.5 Å². The summed E-state index contributed by atoms with van der Waals surface area (Å²) < 4.78 is 0. The van der Waals surface area contributed by atoms with Crippen molar-refractivity contribution in [2.24, 2.45) is 0 Å². The molecule has 0 atom stereocenters. The maximum Gasteiger partial charge on any atom is 0.329 e. The molecule has 0 aliphatic rings.